The van der Waals surface area contributed by atoms with Gasteiger partial charge in [0.25, 0.3) is 0 Å². The van der Waals surface area contributed by atoms with Gasteiger partial charge in [-0.15, -0.1) is 10.2 Å². The summed E-state index contributed by atoms with van der Waals surface area (Å²) in [5.74, 6) is -0.0640. The molecule has 0 bridgehead atoms. The van der Waals surface area contributed by atoms with Gasteiger partial charge in [0.05, 0.1) is 10.7 Å². The van der Waals surface area contributed by atoms with Gasteiger partial charge in [0.15, 0.2) is 5.82 Å². The lowest BCUT2D eigenvalue weighted by atomic mass is 10.3. The zero-order valence-electron chi connectivity index (χ0n) is 7.56. The van der Waals surface area contributed by atoms with Gasteiger partial charge in [-0.25, -0.2) is 4.39 Å². The molecule has 1 aromatic carbocycles. The van der Waals surface area contributed by atoms with Crippen LogP contribution in [-0.2, 0) is 6.61 Å². The zero-order chi connectivity index (χ0) is 10.8. The van der Waals surface area contributed by atoms with Crippen molar-refractivity contribution in [1.82, 2.24) is 14.8 Å². The normalized spacial score (nSPS) is 10.6. The van der Waals surface area contributed by atoms with Crippen molar-refractivity contribution in [2.45, 2.75) is 6.61 Å². The second-order valence-electron chi connectivity index (χ2n) is 2.87. The monoisotopic (exact) mass is 227 g/mol. The van der Waals surface area contributed by atoms with Crippen LogP contribution < -0.4 is 0 Å². The molecule has 0 aliphatic carbocycles. The lowest BCUT2D eigenvalue weighted by Crippen LogP contribution is -2.00. The van der Waals surface area contributed by atoms with Crippen LogP contribution in [0.1, 0.15) is 5.82 Å². The van der Waals surface area contributed by atoms with Gasteiger partial charge >= 0.3 is 0 Å². The molecule has 1 aromatic heterocycles. The molecule has 0 saturated carbocycles. The van der Waals surface area contributed by atoms with Crippen LogP contribution in [0.2, 0.25) is 5.02 Å². The smallest absolute Gasteiger partial charge is 0.163 e. The molecule has 1 N–H and O–H groups in total. The second kappa shape index (κ2) is 3.96. The minimum atomic E-state index is -0.414. The first kappa shape index (κ1) is 10.1. The molecule has 0 aliphatic rings. The Hall–Kier alpha value is -1.46. The Balaban J connectivity index is 2.54. The highest BCUT2D eigenvalue weighted by Gasteiger charge is 2.08. The summed E-state index contributed by atoms with van der Waals surface area (Å²) in [5, 5.41) is 16.5. The molecule has 0 saturated heterocycles. The van der Waals surface area contributed by atoms with Crippen molar-refractivity contribution in [3.05, 3.63) is 41.2 Å². The Morgan fingerprint density at radius 2 is 2.27 bits per heavy atom. The van der Waals surface area contributed by atoms with E-state index in [-0.39, 0.29) is 11.6 Å². The second-order valence-corrected chi connectivity index (χ2v) is 3.28. The van der Waals surface area contributed by atoms with E-state index < -0.39 is 5.82 Å². The molecule has 0 unspecified atom stereocenters. The van der Waals surface area contributed by atoms with Gasteiger partial charge in [-0.3, -0.25) is 4.57 Å². The largest absolute Gasteiger partial charge is 0.388 e. The van der Waals surface area contributed by atoms with E-state index in [1.807, 2.05) is 0 Å². The minimum absolute atomic E-state index is 0.240. The fourth-order valence-corrected chi connectivity index (χ4v) is 1.50. The highest BCUT2D eigenvalue weighted by molar-refractivity contribution is 6.32. The molecule has 4 nitrogen and oxygen atoms in total. The summed E-state index contributed by atoms with van der Waals surface area (Å²) in [5.41, 5.74) is 0.534. The molecule has 2 rings (SSSR count). The number of halogens is 2. The van der Waals surface area contributed by atoms with E-state index in [0.29, 0.717) is 11.5 Å². The van der Waals surface area contributed by atoms with Crippen molar-refractivity contribution >= 4 is 11.6 Å². The SMILES string of the molecule is OCc1nncn1-c1ccc(F)cc1Cl. The highest BCUT2D eigenvalue weighted by atomic mass is 35.5. The number of aliphatic hydroxyl groups excluding tert-OH is 1. The number of aromatic nitrogens is 3. The van der Waals surface area contributed by atoms with Crippen LogP contribution in [0.3, 0.4) is 0 Å². The number of hydrogen-bond acceptors (Lipinski definition) is 3. The predicted octanol–water partition coefficient (Wildman–Crippen LogP) is 1.55. The summed E-state index contributed by atoms with van der Waals surface area (Å²) >= 11 is 5.85. The van der Waals surface area contributed by atoms with Gasteiger partial charge in [0.2, 0.25) is 0 Å². The van der Waals surface area contributed by atoms with Crippen LogP contribution in [0.25, 0.3) is 5.69 Å². The van der Waals surface area contributed by atoms with Crippen LogP contribution in [0.5, 0.6) is 0 Å². The van der Waals surface area contributed by atoms with E-state index >= 15 is 0 Å². The molecule has 2 aromatic rings. The third kappa shape index (κ3) is 1.84. The van der Waals surface area contributed by atoms with Gasteiger partial charge in [0.1, 0.15) is 18.8 Å². The fraction of sp³-hybridized carbons (Fsp3) is 0.111. The number of nitrogens with zero attached hydrogens (tertiary/aromatic N) is 3. The maximum atomic E-state index is 12.8. The van der Waals surface area contributed by atoms with Gasteiger partial charge < -0.3 is 5.11 Å². The molecule has 6 heteroatoms. The maximum absolute atomic E-state index is 12.8. The van der Waals surface area contributed by atoms with Gasteiger partial charge in [0, 0.05) is 0 Å². The average Bonchev–Trinajstić information content (AvgIpc) is 2.65. The van der Waals surface area contributed by atoms with Crippen LogP contribution in [0.4, 0.5) is 4.39 Å². The minimum Gasteiger partial charge on any atom is -0.388 e. The first-order valence-corrected chi connectivity index (χ1v) is 4.55. The number of aliphatic hydroxyl groups is 1. The summed E-state index contributed by atoms with van der Waals surface area (Å²) in [6.07, 6.45) is 1.41. The molecular formula is C9H7ClFN3O. The van der Waals surface area contributed by atoms with E-state index in [0.717, 1.165) is 0 Å². The molecule has 0 radical (unpaired) electrons. The van der Waals surface area contributed by atoms with Crippen LogP contribution in [0.15, 0.2) is 24.5 Å². The molecule has 0 amide bonds. The van der Waals surface area contributed by atoms with Crippen LogP contribution >= 0.6 is 11.6 Å². The molecule has 0 atom stereocenters. The van der Waals surface area contributed by atoms with Crippen molar-refractivity contribution < 1.29 is 9.50 Å². The van der Waals surface area contributed by atoms with Gasteiger partial charge in [-0.2, -0.15) is 0 Å². The molecule has 1 heterocycles. The van der Waals surface area contributed by atoms with E-state index in [1.54, 1.807) is 0 Å². The Bertz CT molecular complexity index is 486. The summed E-state index contributed by atoms with van der Waals surface area (Å²) < 4.78 is 14.3. The third-order valence-corrected chi connectivity index (χ3v) is 2.23. The van der Waals surface area contributed by atoms with E-state index in [2.05, 4.69) is 10.2 Å². The number of benzene rings is 1. The lowest BCUT2D eigenvalue weighted by Gasteiger charge is -2.06. The van der Waals surface area contributed by atoms with Crippen molar-refractivity contribution in [3.63, 3.8) is 0 Å². The van der Waals surface area contributed by atoms with E-state index in [4.69, 9.17) is 16.7 Å². The molecule has 0 aliphatic heterocycles. The topological polar surface area (TPSA) is 50.9 Å². The Morgan fingerprint density at radius 1 is 1.47 bits per heavy atom. The van der Waals surface area contributed by atoms with Crippen molar-refractivity contribution in [2.24, 2.45) is 0 Å². The summed E-state index contributed by atoms with van der Waals surface area (Å²) in [4.78, 5) is 0. The molecule has 78 valence electrons. The first-order valence-electron chi connectivity index (χ1n) is 4.17. The standard InChI is InChI=1S/C9H7ClFN3O/c10-7-3-6(11)1-2-8(7)14-5-12-13-9(14)4-15/h1-3,5,15H,4H2. The Labute approximate surface area is 89.9 Å². The predicted molar refractivity (Wildman–Crippen MR) is 52.2 cm³/mol. The van der Waals surface area contributed by atoms with Gasteiger partial charge in [-0.1, -0.05) is 11.6 Å². The zero-order valence-corrected chi connectivity index (χ0v) is 8.32. The molecular weight excluding hydrogens is 221 g/mol. The van der Waals surface area contributed by atoms with E-state index in [9.17, 15) is 4.39 Å². The quantitative estimate of drug-likeness (QED) is 0.847. The molecule has 0 spiro atoms. The van der Waals surface area contributed by atoms with Crippen molar-refractivity contribution in [1.29, 1.82) is 0 Å². The Morgan fingerprint density at radius 3 is 2.93 bits per heavy atom. The molecule has 0 fully saturated rings. The van der Waals surface area contributed by atoms with Crippen molar-refractivity contribution in [2.75, 3.05) is 0 Å². The van der Waals surface area contributed by atoms with Crippen molar-refractivity contribution in [3.8, 4) is 5.69 Å². The fourth-order valence-electron chi connectivity index (χ4n) is 1.24. The summed E-state index contributed by atoms with van der Waals surface area (Å²) in [6.45, 7) is -0.256. The molecule has 15 heavy (non-hydrogen) atoms. The Kier molecular flexibility index (Phi) is 2.66. The maximum Gasteiger partial charge on any atom is 0.163 e. The summed E-state index contributed by atoms with van der Waals surface area (Å²) in [7, 11) is 0. The lowest BCUT2D eigenvalue weighted by molar-refractivity contribution is 0.269. The van der Waals surface area contributed by atoms with Crippen LogP contribution in [0, 0.1) is 5.82 Å². The first-order chi connectivity index (χ1) is 7.22. The van der Waals surface area contributed by atoms with Gasteiger partial charge in [-0.05, 0) is 18.2 Å². The van der Waals surface area contributed by atoms with E-state index in [1.165, 1.54) is 29.1 Å². The number of hydrogen-bond donors (Lipinski definition) is 1. The van der Waals surface area contributed by atoms with Crippen LogP contribution in [-0.4, -0.2) is 19.9 Å². The highest BCUT2D eigenvalue weighted by Crippen LogP contribution is 2.21. The average molecular weight is 228 g/mol. The number of rotatable bonds is 2. The third-order valence-electron chi connectivity index (χ3n) is 1.93. The summed E-state index contributed by atoms with van der Waals surface area (Å²) in [6, 6.07) is 3.97.